The third-order valence-electron chi connectivity index (χ3n) is 2.58. The highest BCUT2D eigenvalue weighted by Crippen LogP contribution is 2.02. The van der Waals surface area contributed by atoms with Crippen LogP contribution in [-0.2, 0) is 4.79 Å². The number of carbonyl (C=O) groups is 1. The summed E-state index contributed by atoms with van der Waals surface area (Å²) in [6.45, 7) is 9.91. The highest BCUT2D eigenvalue weighted by Gasteiger charge is 2.15. The molecule has 0 radical (unpaired) electrons. The first-order valence-electron chi connectivity index (χ1n) is 6.07. The van der Waals surface area contributed by atoms with Crippen LogP contribution >= 0.6 is 11.8 Å². The minimum absolute atomic E-state index is 0.251. The number of nitrogens with one attached hydrogen (secondary N) is 1. The Morgan fingerprint density at radius 1 is 1.25 bits per heavy atom. The maximum atomic E-state index is 11.8. The third-order valence-corrected chi connectivity index (χ3v) is 3.42. The summed E-state index contributed by atoms with van der Waals surface area (Å²) < 4.78 is 0. The van der Waals surface area contributed by atoms with Gasteiger partial charge in [-0.15, -0.1) is 0 Å². The predicted octanol–water partition coefficient (Wildman–Crippen LogP) is 1.97. The van der Waals surface area contributed by atoms with Crippen LogP contribution in [0.2, 0.25) is 0 Å². The van der Waals surface area contributed by atoms with E-state index in [2.05, 4.69) is 25.4 Å². The van der Waals surface area contributed by atoms with Gasteiger partial charge in [-0.3, -0.25) is 4.79 Å². The molecule has 0 fully saturated rings. The van der Waals surface area contributed by atoms with E-state index >= 15 is 0 Å². The maximum absolute atomic E-state index is 11.8. The fraction of sp³-hybridized carbons (Fsp3) is 0.917. The lowest BCUT2D eigenvalue weighted by atomic mass is 10.2. The molecule has 0 spiro atoms. The van der Waals surface area contributed by atoms with Gasteiger partial charge in [0, 0.05) is 37.3 Å². The van der Waals surface area contributed by atoms with Crippen molar-refractivity contribution in [2.24, 2.45) is 0 Å². The van der Waals surface area contributed by atoms with Crippen molar-refractivity contribution in [1.29, 1.82) is 0 Å². The second kappa shape index (κ2) is 8.88. The predicted molar refractivity (Wildman–Crippen MR) is 73.0 cm³/mol. The molecule has 3 nitrogen and oxygen atoms in total. The van der Waals surface area contributed by atoms with Gasteiger partial charge < -0.3 is 10.2 Å². The molecule has 2 unspecified atom stereocenters. The third kappa shape index (κ3) is 6.38. The molecule has 96 valence electrons. The van der Waals surface area contributed by atoms with Gasteiger partial charge in [-0.05, 0) is 34.0 Å². The minimum atomic E-state index is 0.251. The van der Waals surface area contributed by atoms with E-state index < -0.39 is 0 Å². The molecule has 1 amide bonds. The van der Waals surface area contributed by atoms with Crippen molar-refractivity contribution in [3.8, 4) is 0 Å². The van der Waals surface area contributed by atoms with E-state index in [0.717, 1.165) is 18.8 Å². The van der Waals surface area contributed by atoms with Gasteiger partial charge in [-0.1, -0.05) is 0 Å². The van der Waals surface area contributed by atoms with Gasteiger partial charge in [0.25, 0.3) is 0 Å². The zero-order valence-electron chi connectivity index (χ0n) is 11.2. The Hall–Kier alpha value is -0.220. The van der Waals surface area contributed by atoms with E-state index in [-0.39, 0.29) is 11.9 Å². The molecule has 0 aromatic heterocycles. The number of carbonyl (C=O) groups excluding carboxylic acids is 1. The largest absolute Gasteiger partial charge is 0.343 e. The summed E-state index contributed by atoms with van der Waals surface area (Å²) in [7, 11) is 0. The molecule has 0 aliphatic rings. The Balaban J connectivity index is 3.94. The number of hydrogen-bond donors (Lipinski definition) is 1. The molecule has 2 atom stereocenters. The van der Waals surface area contributed by atoms with E-state index in [4.69, 9.17) is 0 Å². The van der Waals surface area contributed by atoms with E-state index in [1.807, 2.05) is 30.5 Å². The molecular weight excluding hydrogens is 220 g/mol. The molecule has 0 aromatic rings. The highest BCUT2D eigenvalue weighted by molar-refractivity contribution is 7.98. The van der Waals surface area contributed by atoms with E-state index in [0.29, 0.717) is 12.5 Å². The topological polar surface area (TPSA) is 32.3 Å². The highest BCUT2D eigenvalue weighted by atomic mass is 32.2. The van der Waals surface area contributed by atoms with Crippen LogP contribution in [-0.4, -0.2) is 48.0 Å². The number of amides is 1. The van der Waals surface area contributed by atoms with E-state index in [1.54, 1.807) is 0 Å². The summed E-state index contributed by atoms with van der Waals surface area (Å²) in [6, 6.07) is 0.727. The van der Waals surface area contributed by atoms with Crippen LogP contribution in [0.4, 0.5) is 0 Å². The van der Waals surface area contributed by atoms with E-state index in [1.165, 1.54) is 0 Å². The molecule has 1 N–H and O–H groups in total. The van der Waals surface area contributed by atoms with Crippen LogP contribution in [0.1, 0.15) is 34.1 Å². The summed E-state index contributed by atoms with van der Waals surface area (Å²) in [6.07, 6.45) is 2.70. The van der Waals surface area contributed by atoms with Crippen molar-refractivity contribution < 1.29 is 4.79 Å². The molecule has 0 aliphatic carbocycles. The lowest BCUT2D eigenvalue weighted by molar-refractivity contribution is -0.131. The summed E-state index contributed by atoms with van der Waals surface area (Å²) in [5.41, 5.74) is 0. The second-order valence-electron chi connectivity index (χ2n) is 4.19. The summed E-state index contributed by atoms with van der Waals surface area (Å²) in [5, 5.41) is 3.45. The maximum Gasteiger partial charge on any atom is 0.224 e. The molecule has 0 aromatic carbocycles. The molecule has 0 bridgehead atoms. The Morgan fingerprint density at radius 3 is 2.25 bits per heavy atom. The summed E-state index contributed by atoms with van der Waals surface area (Å²) >= 11 is 1.83. The molecule has 16 heavy (non-hydrogen) atoms. The van der Waals surface area contributed by atoms with Crippen LogP contribution in [0.15, 0.2) is 0 Å². The molecule has 0 heterocycles. The smallest absolute Gasteiger partial charge is 0.224 e. The first-order valence-corrected chi connectivity index (χ1v) is 7.47. The number of rotatable bonds is 8. The first-order chi connectivity index (χ1) is 7.54. The number of hydrogen-bond acceptors (Lipinski definition) is 3. The molecule has 0 saturated heterocycles. The average molecular weight is 246 g/mol. The van der Waals surface area contributed by atoms with Gasteiger partial charge in [0.05, 0.1) is 0 Å². The normalized spacial score (nSPS) is 14.6. The minimum Gasteiger partial charge on any atom is -0.343 e. The van der Waals surface area contributed by atoms with Crippen LogP contribution in [0.3, 0.4) is 0 Å². The Kier molecular flexibility index (Phi) is 8.76. The standard InChI is InChI=1S/C12H26N2OS/c1-6-14(7-2)12(15)8-10(3)13-11(4)9-16-5/h10-11,13H,6-9H2,1-5H3. The van der Waals surface area contributed by atoms with Crippen molar-refractivity contribution in [2.45, 2.75) is 46.2 Å². The average Bonchev–Trinajstić information content (AvgIpc) is 2.19. The molecule has 0 aliphatic heterocycles. The molecule has 0 rings (SSSR count). The Labute approximate surface area is 104 Å². The van der Waals surface area contributed by atoms with Crippen molar-refractivity contribution in [3.05, 3.63) is 0 Å². The molecule has 4 heteroatoms. The van der Waals surface area contributed by atoms with Gasteiger partial charge in [0.2, 0.25) is 5.91 Å². The van der Waals surface area contributed by atoms with Crippen LogP contribution < -0.4 is 5.32 Å². The number of nitrogens with zero attached hydrogens (tertiary/aromatic N) is 1. The zero-order chi connectivity index (χ0) is 12.6. The van der Waals surface area contributed by atoms with Gasteiger partial charge in [-0.2, -0.15) is 11.8 Å². The fourth-order valence-corrected chi connectivity index (χ4v) is 2.41. The summed E-state index contributed by atoms with van der Waals surface area (Å²) in [4.78, 5) is 13.7. The fourth-order valence-electron chi connectivity index (χ4n) is 1.81. The lowest BCUT2D eigenvalue weighted by Crippen LogP contribution is -2.41. The van der Waals surface area contributed by atoms with Gasteiger partial charge in [0.1, 0.15) is 0 Å². The quantitative estimate of drug-likeness (QED) is 0.711. The van der Waals surface area contributed by atoms with Crippen molar-refractivity contribution in [2.75, 3.05) is 25.1 Å². The molecular formula is C12H26N2OS. The second-order valence-corrected chi connectivity index (χ2v) is 5.10. The Bertz CT molecular complexity index is 195. The Morgan fingerprint density at radius 2 is 1.81 bits per heavy atom. The van der Waals surface area contributed by atoms with Crippen LogP contribution in [0.5, 0.6) is 0 Å². The van der Waals surface area contributed by atoms with Crippen LogP contribution in [0, 0.1) is 0 Å². The summed E-state index contributed by atoms with van der Waals surface area (Å²) in [5.74, 6) is 1.34. The number of thioether (sulfide) groups is 1. The monoisotopic (exact) mass is 246 g/mol. The zero-order valence-corrected chi connectivity index (χ0v) is 12.1. The van der Waals surface area contributed by atoms with Crippen molar-refractivity contribution >= 4 is 17.7 Å². The van der Waals surface area contributed by atoms with Gasteiger partial charge >= 0.3 is 0 Å². The van der Waals surface area contributed by atoms with Crippen LogP contribution in [0.25, 0.3) is 0 Å². The van der Waals surface area contributed by atoms with Gasteiger partial charge in [0.15, 0.2) is 0 Å². The first kappa shape index (κ1) is 15.8. The molecule has 0 saturated carbocycles. The van der Waals surface area contributed by atoms with Crippen molar-refractivity contribution in [1.82, 2.24) is 10.2 Å². The lowest BCUT2D eigenvalue weighted by Gasteiger charge is -2.23. The van der Waals surface area contributed by atoms with Crippen molar-refractivity contribution in [3.63, 3.8) is 0 Å². The van der Waals surface area contributed by atoms with Gasteiger partial charge in [-0.25, -0.2) is 0 Å². The SMILES string of the molecule is CCN(CC)C(=O)CC(C)NC(C)CSC. The van der Waals surface area contributed by atoms with E-state index in [9.17, 15) is 4.79 Å².